The number of nitrogens with zero attached hydrogens (tertiary/aromatic N) is 1. The summed E-state index contributed by atoms with van der Waals surface area (Å²) in [6.07, 6.45) is 3.47. The summed E-state index contributed by atoms with van der Waals surface area (Å²) in [5, 5.41) is 19.1. The van der Waals surface area contributed by atoms with E-state index < -0.39 is 0 Å². The number of aliphatic hydroxyl groups is 1. The van der Waals surface area contributed by atoms with Crippen LogP contribution in [0, 0.1) is 0 Å². The molecule has 1 amide bonds. The van der Waals surface area contributed by atoms with Gasteiger partial charge in [0.25, 0.3) is 5.91 Å². The lowest BCUT2D eigenvalue weighted by Crippen LogP contribution is -2.45. The first-order valence-corrected chi connectivity index (χ1v) is 9.22. The summed E-state index contributed by atoms with van der Waals surface area (Å²) in [6, 6.07) is 7.90. The highest BCUT2D eigenvalue weighted by Gasteiger charge is 2.19. The van der Waals surface area contributed by atoms with Gasteiger partial charge in [-0.2, -0.15) is 0 Å². The van der Waals surface area contributed by atoms with Gasteiger partial charge in [0.15, 0.2) is 5.96 Å². The van der Waals surface area contributed by atoms with Gasteiger partial charge in [-0.1, -0.05) is 12.1 Å². The molecule has 6 nitrogen and oxygen atoms in total. The van der Waals surface area contributed by atoms with Crippen molar-refractivity contribution in [2.24, 2.45) is 4.99 Å². The molecule has 1 aromatic rings. The summed E-state index contributed by atoms with van der Waals surface area (Å²) in [4.78, 5) is 16.4. The Morgan fingerprint density at radius 3 is 2.32 bits per heavy atom. The minimum absolute atomic E-state index is 0.0490. The standard InChI is InChI=1S/C19H30N4O2/c1-3-20-18(25)15-7-5-14(6-8-15)13-22-19(21-4-2)23-16-9-11-17(24)12-10-16/h5-8,16-17,24H,3-4,9-13H2,1-2H3,(H,20,25)(H2,21,22,23). The molecule has 0 heterocycles. The average Bonchev–Trinajstić information content (AvgIpc) is 2.62. The monoisotopic (exact) mass is 346 g/mol. The molecule has 0 aliphatic heterocycles. The molecule has 0 aromatic heterocycles. The Morgan fingerprint density at radius 1 is 1.08 bits per heavy atom. The van der Waals surface area contributed by atoms with Gasteiger partial charge in [0, 0.05) is 24.7 Å². The summed E-state index contributed by atoms with van der Waals surface area (Å²) in [6.45, 7) is 5.94. The first-order chi connectivity index (χ1) is 12.1. The van der Waals surface area contributed by atoms with Crippen molar-refractivity contribution in [3.63, 3.8) is 0 Å². The van der Waals surface area contributed by atoms with E-state index in [9.17, 15) is 9.90 Å². The number of aliphatic imine (C=N–C) groups is 1. The molecule has 0 spiro atoms. The molecule has 6 heteroatoms. The Bertz CT molecular complexity index is 563. The van der Waals surface area contributed by atoms with Gasteiger partial charge in [0.05, 0.1) is 12.6 Å². The van der Waals surface area contributed by atoms with Crippen LogP contribution in [-0.4, -0.2) is 42.2 Å². The Hall–Kier alpha value is -2.08. The normalized spacial score (nSPS) is 20.8. The molecule has 0 bridgehead atoms. The topological polar surface area (TPSA) is 85.8 Å². The summed E-state index contributed by atoms with van der Waals surface area (Å²) >= 11 is 0. The number of guanidine groups is 1. The van der Waals surface area contributed by atoms with E-state index in [4.69, 9.17) is 0 Å². The van der Waals surface area contributed by atoms with Gasteiger partial charge in [0.2, 0.25) is 0 Å². The third-order valence-corrected chi connectivity index (χ3v) is 4.35. The zero-order valence-corrected chi connectivity index (χ0v) is 15.2. The third kappa shape index (κ3) is 6.38. The van der Waals surface area contributed by atoms with Crippen molar-refractivity contribution in [2.75, 3.05) is 13.1 Å². The second-order valence-corrected chi connectivity index (χ2v) is 6.40. The summed E-state index contributed by atoms with van der Waals surface area (Å²) < 4.78 is 0. The first kappa shape index (κ1) is 19.2. The highest BCUT2D eigenvalue weighted by Crippen LogP contribution is 2.18. The van der Waals surface area contributed by atoms with E-state index in [2.05, 4.69) is 20.9 Å². The second-order valence-electron chi connectivity index (χ2n) is 6.40. The molecular formula is C19H30N4O2. The quantitative estimate of drug-likeness (QED) is 0.467. The number of rotatable bonds is 6. The van der Waals surface area contributed by atoms with Crippen LogP contribution in [0.15, 0.2) is 29.3 Å². The fourth-order valence-corrected chi connectivity index (χ4v) is 2.93. The van der Waals surface area contributed by atoms with E-state index >= 15 is 0 Å². The van der Waals surface area contributed by atoms with Gasteiger partial charge in [-0.05, 0) is 57.2 Å². The van der Waals surface area contributed by atoms with Crippen molar-refractivity contribution in [3.8, 4) is 0 Å². The highest BCUT2D eigenvalue weighted by molar-refractivity contribution is 5.94. The van der Waals surface area contributed by atoms with E-state index in [1.165, 1.54) is 0 Å². The zero-order valence-electron chi connectivity index (χ0n) is 15.2. The van der Waals surface area contributed by atoms with E-state index in [-0.39, 0.29) is 12.0 Å². The Labute approximate surface area is 150 Å². The number of hydrogen-bond donors (Lipinski definition) is 4. The van der Waals surface area contributed by atoms with E-state index in [1.54, 1.807) is 0 Å². The lowest BCUT2D eigenvalue weighted by Gasteiger charge is -2.27. The van der Waals surface area contributed by atoms with Crippen LogP contribution in [-0.2, 0) is 6.54 Å². The largest absolute Gasteiger partial charge is 0.393 e. The first-order valence-electron chi connectivity index (χ1n) is 9.22. The number of hydrogen-bond acceptors (Lipinski definition) is 3. The summed E-state index contributed by atoms with van der Waals surface area (Å²) in [7, 11) is 0. The maximum atomic E-state index is 11.8. The maximum Gasteiger partial charge on any atom is 0.251 e. The lowest BCUT2D eigenvalue weighted by atomic mass is 9.93. The number of benzene rings is 1. The Morgan fingerprint density at radius 2 is 1.72 bits per heavy atom. The van der Waals surface area contributed by atoms with Crippen LogP contribution in [0.5, 0.6) is 0 Å². The van der Waals surface area contributed by atoms with Gasteiger partial charge in [0.1, 0.15) is 0 Å². The van der Waals surface area contributed by atoms with Gasteiger partial charge >= 0.3 is 0 Å². The number of amides is 1. The van der Waals surface area contributed by atoms with E-state index in [0.717, 1.165) is 43.8 Å². The van der Waals surface area contributed by atoms with Gasteiger partial charge in [-0.15, -0.1) is 0 Å². The summed E-state index contributed by atoms with van der Waals surface area (Å²) in [5.41, 5.74) is 1.73. The van der Waals surface area contributed by atoms with Crippen molar-refractivity contribution >= 4 is 11.9 Å². The van der Waals surface area contributed by atoms with Crippen molar-refractivity contribution in [2.45, 2.75) is 58.2 Å². The second kappa shape index (κ2) is 10.0. The van der Waals surface area contributed by atoms with Crippen LogP contribution < -0.4 is 16.0 Å². The molecule has 1 aliphatic rings. The molecule has 1 aliphatic carbocycles. The van der Waals surface area contributed by atoms with Crippen molar-refractivity contribution < 1.29 is 9.90 Å². The van der Waals surface area contributed by atoms with Gasteiger partial charge in [-0.25, -0.2) is 4.99 Å². The fourth-order valence-electron chi connectivity index (χ4n) is 2.93. The van der Waals surface area contributed by atoms with Crippen LogP contribution in [0.3, 0.4) is 0 Å². The molecule has 4 N–H and O–H groups in total. The van der Waals surface area contributed by atoms with Crippen LogP contribution in [0.2, 0.25) is 0 Å². The average molecular weight is 346 g/mol. The smallest absolute Gasteiger partial charge is 0.251 e. The maximum absolute atomic E-state index is 11.8. The third-order valence-electron chi connectivity index (χ3n) is 4.35. The van der Waals surface area contributed by atoms with E-state index in [0.29, 0.717) is 24.7 Å². The zero-order chi connectivity index (χ0) is 18.1. The molecular weight excluding hydrogens is 316 g/mol. The molecule has 0 saturated heterocycles. The lowest BCUT2D eigenvalue weighted by molar-refractivity contribution is 0.0955. The van der Waals surface area contributed by atoms with Crippen molar-refractivity contribution in [1.29, 1.82) is 0 Å². The van der Waals surface area contributed by atoms with E-state index in [1.807, 2.05) is 38.1 Å². The minimum Gasteiger partial charge on any atom is -0.393 e. The molecule has 138 valence electrons. The molecule has 1 saturated carbocycles. The summed E-state index contributed by atoms with van der Waals surface area (Å²) in [5.74, 6) is 0.753. The number of aliphatic hydroxyl groups excluding tert-OH is 1. The number of carbonyl (C=O) groups is 1. The molecule has 1 fully saturated rings. The Balaban J connectivity index is 1.92. The minimum atomic E-state index is -0.152. The number of carbonyl (C=O) groups excluding carboxylic acids is 1. The highest BCUT2D eigenvalue weighted by atomic mass is 16.3. The molecule has 2 rings (SSSR count). The van der Waals surface area contributed by atoms with Crippen LogP contribution >= 0.6 is 0 Å². The molecule has 0 atom stereocenters. The molecule has 0 radical (unpaired) electrons. The van der Waals surface area contributed by atoms with Crippen LogP contribution in [0.1, 0.15) is 55.5 Å². The van der Waals surface area contributed by atoms with Crippen molar-refractivity contribution in [1.82, 2.24) is 16.0 Å². The predicted octanol–water partition coefficient (Wildman–Crippen LogP) is 1.79. The molecule has 25 heavy (non-hydrogen) atoms. The molecule has 0 unspecified atom stereocenters. The number of nitrogens with one attached hydrogen (secondary N) is 3. The fraction of sp³-hybridized carbons (Fsp3) is 0.579. The van der Waals surface area contributed by atoms with Gasteiger partial charge in [-0.3, -0.25) is 4.79 Å². The van der Waals surface area contributed by atoms with Crippen LogP contribution in [0.4, 0.5) is 0 Å². The Kier molecular flexibility index (Phi) is 7.73. The molecule has 1 aromatic carbocycles. The van der Waals surface area contributed by atoms with Crippen LogP contribution in [0.25, 0.3) is 0 Å². The van der Waals surface area contributed by atoms with Gasteiger partial charge < -0.3 is 21.1 Å². The predicted molar refractivity (Wildman–Crippen MR) is 101 cm³/mol. The SMILES string of the molecule is CCNC(=O)c1ccc(CN=C(NCC)NC2CCC(O)CC2)cc1. The van der Waals surface area contributed by atoms with Crippen molar-refractivity contribution in [3.05, 3.63) is 35.4 Å².